The van der Waals surface area contributed by atoms with Crippen LogP contribution in [0.1, 0.15) is 11.1 Å². The summed E-state index contributed by atoms with van der Waals surface area (Å²) in [6.07, 6.45) is 0. The van der Waals surface area contributed by atoms with Crippen molar-refractivity contribution in [2.45, 2.75) is 11.4 Å². The van der Waals surface area contributed by atoms with E-state index in [1.165, 1.54) is 4.90 Å². The lowest BCUT2D eigenvalue weighted by molar-refractivity contribution is -0.195. The molecule has 0 bridgehead atoms. The van der Waals surface area contributed by atoms with Crippen molar-refractivity contribution in [1.82, 2.24) is 0 Å². The molecule has 1 amide bonds. The number of hydrogen-bond acceptors (Lipinski definition) is 4. The van der Waals surface area contributed by atoms with Crippen LogP contribution in [0, 0.1) is 0 Å². The number of hydrogen-bond donors (Lipinski definition) is 1. The molecule has 1 fully saturated rings. The number of carboxylic acids is 1. The van der Waals surface area contributed by atoms with Gasteiger partial charge in [0.25, 0.3) is 11.7 Å². The van der Waals surface area contributed by atoms with E-state index >= 15 is 0 Å². The first kappa shape index (κ1) is 17.9. The second-order valence-corrected chi connectivity index (χ2v) is 7.43. The number of carbonyl (C=O) groups excluding carboxylic acids is 1. The van der Waals surface area contributed by atoms with Gasteiger partial charge in [0.2, 0.25) is 0 Å². The van der Waals surface area contributed by atoms with Crippen molar-refractivity contribution < 1.29 is 24.2 Å². The second kappa shape index (κ2) is 6.02. The van der Waals surface area contributed by atoms with Crippen molar-refractivity contribution in [3.8, 4) is 0 Å². The fourth-order valence-corrected chi connectivity index (χ4v) is 3.96. The van der Waals surface area contributed by atoms with Crippen molar-refractivity contribution in [1.29, 1.82) is 0 Å². The summed E-state index contributed by atoms with van der Waals surface area (Å²) in [7, 11) is 1.63. The molecule has 2 aliphatic heterocycles. The number of ether oxygens (including phenoxy) is 2. The number of carboxylic acid groups (broad SMARTS) is 1. The zero-order valence-electron chi connectivity index (χ0n) is 14.4. The molecule has 0 unspecified atom stereocenters. The van der Waals surface area contributed by atoms with Crippen LogP contribution in [0.25, 0.3) is 0 Å². The monoisotopic (exact) mass is 429 g/mol. The predicted molar refractivity (Wildman–Crippen MR) is 101 cm³/mol. The van der Waals surface area contributed by atoms with E-state index in [0.717, 1.165) is 4.47 Å². The highest BCUT2D eigenvalue weighted by molar-refractivity contribution is 9.10. The Morgan fingerprint density at radius 2 is 1.96 bits per heavy atom. The number of rotatable bonds is 3. The van der Waals surface area contributed by atoms with Crippen molar-refractivity contribution in [3.05, 3.63) is 76.3 Å². The van der Waals surface area contributed by atoms with Crippen LogP contribution in [0.15, 0.2) is 65.2 Å². The summed E-state index contributed by atoms with van der Waals surface area (Å²) in [6, 6.07) is 14.2. The van der Waals surface area contributed by atoms with Crippen LogP contribution in [0.5, 0.6) is 0 Å². The van der Waals surface area contributed by atoms with E-state index in [1.54, 1.807) is 43.4 Å². The molecule has 0 aliphatic carbocycles. The first-order valence-electron chi connectivity index (χ1n) is 8.22. The SMILES string of the molecule is C=C(C(=O)O)[C@]1(c2ccccc2)CO[C@@]2(O1)C(=O)N(C)c1ccc(Br)cc12. The Balaban J connectivity index is 1.90. The third-order valence-electron chi connectivity index (χ3n) is 5.04. The molecule has 7 heteroatoms. The summed E-state index contributed by atoms with van der Waals surface area (Å²) < 4.78 is 13.0. The summed E-state index contributed by atoms with van der Waals surface area (Å²) in [5.41, 5.74) is 0.0686. The third kappa shape index (κ3) is 2.39. The van der Waals surface area contributed by atoms with Crippen LogP contribution in [0.2, 0.25) is 0 Å². The summed E-state index contributed by atoms with van der Waals surface area (Å²) >= 11 is 3.41. The zero-order chi connectivity index (χ0) is 19.4. The number of nitrogens with zero attached hydrogens (tertiary/aromatic N) is 1. The smallest absolute Gasteiger partial charge is 0.334 e. The molecule has 1 saturated heterocycles. The molecular formula is C20H16BrNO5. The Bertz CT molecular complexity index is 976. The average Bonchev–Trinajstić information content (AvgIpc) is 3.17. The number of carbonyl (C=O) groups is 2. The Kier molecular flexibility index (Phi) is 3.99. The first-order valence-corrected chi connectivity index (χ1v) is 9.02. The number of benzene rings is 2. The van der Waals surface area contributed by atoms with Gasteiger partial charge >= 0.3 is 5.97 Å². The summed E-state index contributed by atoms with van der Waals surface area (Å²) in [6.45, 7) is 3.57. The van der Waals surface area contributed by atoms with Gasteiger partial charge in [-0.2, -0.15) is 0 Å². The Morgan fingerprint density at radius 3 is 2.63 bits per heavy atom. The minimum atomic E-state index is -1.72. The minimum Gasteiger partial charge on any atom is -0.478 e. The van der Waals surface area contributed by atoms with E-state index in [-0.39, 0.29) is 12.2 Å². The molecule has 6 nitrogen and oxygen atoms in total. The van der Waals surface area contributed by atoms with Gasteiger partial charge in [-0.3, -0.25) is 4.79 Å². The van der Waals surface area contributed by atoms with Gasteiger partial charge in [0.1, 0.15) is 0 Å². The summed E-state index contributed by atoms with van der Waals surface area (Å²) in [5, 5.41) is 9.62. The standard InChI is InChI=1S/C20H16BrNO5/c1-12(17(23)24)19(13-6-4-3-5-7-13)11-26-20(27-19)15-10-14(21)8-9-16(15)22(2)18(20)25/h3-10H,1,11H2,2H3,(H,23,24)/t19-,20-/m0/s1. The van der Waals surface area contributed by atoms with Gasteiger partial charge in [-0.15, -0.1) is 0 Å². The summed E-state index contributed by atoms with van der Waals surface area (Å²) in [5.74, 6) is -3.35. The van der Waals surface area contributed by atoms with Gasteiger partial charge in [0.05, 0.1) is 17.9 Å². The van der Waals surface area contributed by atoms with Crippen molar-refractivity contribution >= 4 is 33.5 Å². The van der Waals surface area contributed by atoms with Crippen LogP contribution >= 0.6 is 15.9 Å². The Morgan fingerprint density at radius 1 is 1.26 bits per heavy atom. The molecule has 0 saturated carbocycles. The highest BCUT2D eigenvalue weighted by atomic mass is 79.9. The second-order valence-electron chi connectivity index (χ2n) is 6.51. The van der Waals surface area contributed by atoms with Gasteiger partial charge < -0.3 is 19.5 Å². The van der Waals surface area contributed by atoms with Gasteiger partial charge in [-0.1, -0.05) is 52.8 Å². The maximum Gasteiger partial charge on any atom is 0.334 e. The van der Waals surface area contributed by atoms with E-state index in [1.807, 2.05) is 12.1 Å². The fraction of sp³-hybridized carbons (Fsp3) is 0.200. The molecule has 2 atom stereocenters. The van der Waals surface area contributed by atoms with Gasteiger partial charge in [0, 0.05) is 17.1 Å². The van der Waals surface area contributed by atoms with E-state index < -0.39 is 23.3 Å². The lowest BCUT2D eigenvalue weighted by atomic mass is 9.87. The molecule has 4 rings (SSSR count). The highest BCUT2D eigenvalue weighted by Crippen LogP contribution is 2.54. The topological polar surface area (TPSA) is 76.1 Å². The molecular weight excluding hydrogens is 414 g/mol. The number of halogens is 1. The van der Waals surface area contributed by atoms with Gasteiger partial charge in [-0.05, 0) is 23.8 Å². The van der Waals surface area contributed by atoms with Gasteiger partial charge in [0.15, 0.2) is 5.60 Å². The minimum absolute atomic E-state index is 0.145. The van der Waals surface area contributed by atoms with Crippen LogP contribution < -0.4 is 4.90 Å². The van der Waals surface area contributed by atoms with Crippen LogP contribution in [0.3, 0.4) is 0 Å². The average molecular weight is 430 g/mol. The highest BCUT2D eigenvalue weighted by Gasteiger charge is 2.63. The normalized spacial score (nSPS) is 26.4. The Labute approximate surface area is 164 Å². The number of aliphatic carboxylic acids is 1. The number of anilines is 1. The van der Waals surface area contributed by atoms with E-state index in [4.69, 9.17) is 9.47 Å². The molecule has 1 spiro atoms. The van der Waals surface area contributed by atoms with Gasteiger partial charge in [-0.25, -0.2) is 4.79 Å². The molecule has 27 heavy (non-hydrogen) atoms. The molecule has 2 heterocycles. The molecule has 2 aromatic rings. The Hall–Kier alpha value is -2.48. The number of amides is 1. The van der Waals surface area contributed by atoms with E-state index in [2.05, 4.69) is 22.5 Å². The molecule has 138 valence electrons. The number of likely N-dealkylation sites (N-methyl/N-ethyl adjacent to an activating group) is 1. The fourth-order valence-electron chi connectivity index (χ4n) is 3.60. The van der Waals surface area contributed by atoms with Crippen molar-refractivity contribution in [3.63, 3.8) is 0 Å². The molecule has 1 N–H and O–H groups in total. The van der Waals surface area contributed by atoms with Crippen molar-refractivity contribution in [2.75, 3.05) is 18.6 Å². The third-order valence-corrected chi connectivity index (χ3v) is 5.54. The summed E-state index contributed by atoms with van der Waals surface area (Å²) in [4.78, 5) is 26.3. The van der Waals surface area contributed by atoms with Crippen LogP contribution in [-0.4, -0.2) is 30.6 Å². The molecule has 0 aromatic heterocycles. The van der Waals surface area contributed by atoms with E-state index in [0.29, 0.717) is 16.8 Å². The quantitative estimate of drug-likeness (QED) is 0.758. The number of fused-ring (bicyclic) bond motifs is 2. The maximum absolute atomic E-state index is 13.1. The van der Waals surface area contributed by atoms with Crippen molar-refractivity contribution in [2.24, 2.45) is 0 Å². The largest absolute Gasteiger partial charge is 0.478 e. The maximum atomic E-state index is 13.1. The molecule has 0 radical (unpaired) electrons. The first-order chi connectivity index (χ1) is 12.8. The lowest BCUT2D eigenvalue weighted by Gasteiger charge is -2.30. The molecule has 2 aromatic carbocycles. The zero-order valence-corrected chi connectivity index (χ0v) is 16.0. The van der Waals surface area contributed by atoms with E-state index in [9.17, 15) is 14.7 Å². The van der Waals surface area contributed by atoms with Crippen LogP contribution in [-0.2, 0) is 30.5 Å². The molecule has 2 aliphatic rings. The lowest BCUT2D eigenvalue weighted by Crippen LogP contribution is -2.42. The van der Waals surface area contributed by atoms with Crippen LogP contribution in [0.4, 0.5) is 5.69 Å². The predicted octanol–water partition coefficient (Wildman–Crippen LogP) is 3.16.